The Bertz CT molecular complexity index is 2150. The first-order valence-corrected chi connectivity index (χ1v) is 20.2. The summed E-state index contributed by atoms with van der Waals surface area (Å²) >= 11 is 4.83. The van der Waals surface area contributed by atoms with Gasteiger partial charge in [-0.2, -0.15) is 0 Å². The Morgan fingerprint density at radius 3 is 1.52 bits per heavy atom. The molecule has 0 saturated carbocycles. The van der Waals surface area contributed by atoms with Gasteiger partial charge in [0.2, 0.25) is 0 Å². The van der Waals surface area contributed by atoms with Gasteiger partial charge in [0.05, 0.1) is 6.61 Å². The molecule has 0 aliphatic carbocycles. The van der Waals surface area contributed by atoms with Crippen molar-refractivity contribution in [3.63, 3.8) is 0 Å². The van der Waals surface area contributed by atoms with Gasteiger partial charge in [-0.1, -0.05) is 10.3 Å². The van der Waals surface area contributed by atoms with Gasteiger partial charge in [0.15, 0.2) is 21.7 Å². The summed E-state index contributed by atoms with van der Waals surface area (Å²) in [5.74, 6) is -5.02. The number of nitrogens with one attached hydrogen (secondary N) is 2. The zero-order valence-corrected chi connectivity index (χ0v) is 33.9. The molecule has 23 nitrogen and oxygen atoms in total. The average molecular weight is 883 g/mol. The number of carboxylic acid groups (broad SMARTS) is 2. The van der Waals surface area contributed by atoms with Gasteiger partial charge in [-0.3, -0.25) is 33.8 Å². The van der Waals surface area contributed by atoms with Gasteiger partial charge in [0.25, 0.3) is 23.6 Å². The summed E-state index contributed by atoms with van der Waals surface area (Å²) in [5.41, 5.74) is 11.8. The summed E-state index contributed by atoms with van der Waals surface area (Å²) in [7, 11) is 3.98. The molecule has 0 bridgehead atoms. The molecule has 2 saturated heterocycles. The smallest absolute Gasteiger partial charge is 0.352 e. The van der Waals surface area contributed by atoms with E-state index in [0.717, 1.165) is 27.6 Å². The minimum Gasteiger partial charge on any atom is -0.477 e. The normalized spacial score (nSPS) is 21.4. The van der Waals surface area contributed by atoms with E-state index in [1.54, 1.807) is 5.38 Å². The molecule has 4 atom stereocenters. The Hall–Kier alpha value is -5.77. The lowest BCUT2D eigenvalue weighted by molar-refractivity contribution is -0.150. The molecular weight excluding hydrogens is 849 g/mol. The number of nitrogens with zero attached hydrogens (tertiary/aromatic N) is 6. The second-order valence-electron chi connectivity index (χ2n) is 11.8. The Morgan fingerprint density at radius 1 is 0.776 bits per heavy atom. The highest BCUT2D eigenvalue weighted by Crippen LogP contribution is 2.41. The molecule has 2 aromatic rings. The zero-order valence-electron chi connectivity index (χ0n) is 30.6. The first-order chi connectivity index (χ1) is 27.6. The topological polar surface area (TPSA) is 330 Å². The molecule has 2 fully saturated rings. The van der Waals surface area contributed by atoms with Crippen molar-refractivity contribution in [3.05, 3.63) is 44.7 Å². The second-order valence-corrected chi connectivity index (χ2v) is 15.8. The van der Waals surface area contributed by atoms with Crippen LogP contribution in [0.15, 0.2) is 43.6 Å². The Morgan fingerprint density at radius 2 is 1.19 bits per heavy atom. The van der Waals surface area contributed by atoms with E-state index < -0.39 is 64.4 Å². The Labute approximate surface area is 343 Å². The van der Waals surface area contributed by atoms with E-state index in [2.05, 4.69) is 35.8 Å². The minimum absolute atomic E-state index is 0.0980. The number of thioether (sulfide) groups is 2. The zero-order chi connectivity index (χ0) is 42.4. The number of hydrogen-bond acceptors (Lipinski definition) is 21. The van der Waals surface area contributed by atoms with Gasteiger partial charge in [0.1, 0.15) is 66.4 Å². The maximum absolute atomic E-state index is 12.7. The lowest BCUT2D eigenvalue weighted by Gasteiger charge is -2.49. The number of hydrogen-bond donors (Lipinski definition) is 6. The van der Waals surface area contributed by atoms with Gasteiger partial charge in [-0.05, 0) is 5.57 Å². The second kappa shape index (κ2) is 18.7. The van der Waals surface area contributed by atoms with Gasteiger partial charge in [0, 0.05) is 41.9 Å². The lowest BCUT2D eigenvalue weighted by atomic mass is 10.0. The number of esters is 1. The predicted molar refractivity (Wildman–Crippen MR) is 208 cm³/mol. The predicted octanol–water partition coefficient (Wildman–Crippen LogP) is -1.16. The molecule has 0 spiro atoms. The van der Waals surface area contributed by atoms with E-state index in [-0.39, 0.29) is 63.4 Å². The fourth-order valence-corrected chi connectivity index (χ4v) is 9.51. The number of thiazole rings is 2. The fraction of sp³-hybridized carbons (Fsp3) is 0.387. The molecule has 310 valence electrons. The number of fused-ring (bicyclic) bond motifs is 2. The summed E-state index contributed by atoms with van der Waals surface area (Å²) in [6.07, 6.45) is 0. The number of aliphatic carboxylic acids is 2. The van der Waals surface area contributed by atoms with Crippen LogP contribution >= 0.6 is 46.2 Å². The molecule has 0 unspecified atom stereocenters. The van der Waals surface area contributed by atoms with Crippen LogP contribution in [-0.4, -0.2) is 152 Å². The van der Waals surface area contributed by atoms with Crippen molar-refractivity contribution in [2.45, 2.75) is 29.8 Å². The van der Waals surface area contributed by atoms with Crippen LogP contribution in [0.25, 0.3) is 0 Å². The standard InChI is InChI=1S/C16H17N5O7S2.C15H17N5O6S2/c1-6(22)28-3-7-4-29-14-10(13(24)21(14)11(7)15(25)26)19-12(23)9(20-27-2)8-5-30-16(17)18-8;1-25-3-6-4-27-13-9(12(22)20(13)10(6)14(23)24)18-11(21)8(19-26-2)7-5-28-15(16)17-7/h5,10,14H,3-4H2,1-2H3,(H2,17,18)(H,19,23)(H,25,26);5,9,13H,3-4H2,1-2H3,(H2,16,17)(H,18,21)(H,23,24)/b20-9+;19-8-/t10-,14-;9-,13-/m11/s1. The molecule has 6 rings (SSSR count). The van der Waals surface area contributed by atoms with E-state index in [9.17, 15) is 43.8 Å². The van der Waals surface area contributed by atoms with Crippen LogP contribution in [0.5, 0.6) is 0 Å². The number of oxime groups is 2. The van der Waals surface area contributed by atoms with Crippen LogP contribution in [0.2, 0.25) is 0 Å². The van der Waals surface area contributed by atoms with Crippen molar-refractivity contribution in [2.24, 2.45) is 10.3 Å². The summed E-state index contributed by atoms with van der Waals surface area (Å²) in [6, 6.07) is -1.86. The number of nitrogens with two attached hydrogens (primary N) is 2. The van der Waals surface area contributed by atoms with Gasteiger partial charge >= 0.3 is 17.9 Å². The van der Waals surface area contributed by atoms with Crippen LogP contribution in [0.3, 0.4) is 0 Å². The molecule has 2 aromatic heterocycles. The van der Waals surface area contributed by atoms with Crippen molar-refractivity contribution in [2.75, 3.05) is 57.5 Å². The maximum Gasteiger partial charge on any atom is 0.352 e. The first-order valence-electron chi connectivity index (χ1n) is 16.3. The molecule has 58 heavy (non-hydrogen) atoms. The van der Waals surface area contributed by atoms with E-state index in [1.165, 1.54) is 62.1 Å². The Kier molecular flexibility index (Phi) is 13.9. The third-order valence-corrected chi connectivity index (χ3v) is 12.2. The average Bonchev–Trinajstić information content (AvgIpc) is 3.82. The third kappa shape index (κ3) is 9.01. The number of amides is 4. The summed E-state index contributed by atoms with van der Waals surface area (Å²) < 4.78 is 9.90. The number of ether oxygens (including phenoxy) is 2. The van der Waals surface area contributed by atoms with Crippen molar-refractivity contribution in [1.29, 1.82) is 0 Å². The van der Waals surface area contributed by atoms with Gasteiger partial charge in [-0.25, -0.2) is 19.6 Å². The first kappa shape index (κ1) is 43.4. The molecular formula is C31H34N10O13S4. The van der Waals surface area contributed by atoms with Crippen LogP contribution in [-0.2, 0) is 52.7 Å². The number of aromatic nitrogens is 2. The quantitative estimate of drug-likeness (QED) is 0.0564. The fourth-order valence-electron chi connectivity index (χ4n) is 5.76. The lowest BCUT2D eigenvalue weighted by Crippen LogP contribution is -2.71. The van der Waals surface area contributed by atoms with Crippen LogP contribution < -0.4 is 22.1 Å². The number of carbonyl (C=O) groups excluding carboxylic acids is 5. The molecule has 27 heteroatoms. The molecule has 0 aromatic carbocycles. The number of carbonyl (C=O) groups is 7. The van der Waals surface area contributed by atoms with Crippen molar-refractivity contribution >= 4 is 109 Å². The summed E-state index contributed by atoms with van der Waals surface area (Å²) in [5, 5.41) is 33.9. The van der Waals surface area contributed by atoms with E-state index in [4.69, 9.17) is 25.8 Å². The summed E-state index contributed by atoms with van der Waals surface area (Å²) in [6.45, 7) is 1.08. The van der Waals surface area contributed by atoms with E-state index in [1.807, 2.05) is 0 Å². The number of carboxylic acids is 2. The van der Waals surface area contributed by atoms with E-state index in [0.29, 0.717) is 16.9 Å². The van der Waals surface area contributed by atoms with Crippen molar-refractivity contribution in [3.8, 4) is 0 Å². The molecule has 6 heterocycles. The molecule has 8 N–H and O–H groups in total. The Balaban J connectivity index is 0.000000221. The van der Waals surface area contributed by atoms with Crippen LogP contribution in [0.1, 0.15) is 18.3 Å². The number of nitrogen functional groups attached to an aromatic ring is 2. The van der Waals surface area contributed by atoms with Crippen molar-refractivity contribution in [1.82, 2.24) is 30.4 Å². The molecule has 4 aliphatic rings. The highest BCUT2D eigenvalue weighted by molar-refractivity contribution is 8.00. The third-order valence-electron chi connectivity index (χ3n) is 8.17. The molecule has 4 amide bonds. The number of methoxy groups -OCH3 is 1. The largest absolute Gasteiger partial charge is 0.477 e. The van der Waals surface area contributed by atoms with Crippen LogP contribution in [0, 0.1) is 0 Å². The number of β-lactam (4-membered cyclic amide) rings is 2. The van der Waals surface area contributed by atoms with Gasteiger partial charge < -0.3 is 51.5 Å². The summed E-state index contributed by atoms with van der Waals surface area (Å²) in [4.78, 5) is 104. The number of rotatable bonds is 14. The molecule has 0 radical (unpaired) electrons. The highest BCUT2D eigenvalue weighted by atomic mass is 32.2. The monoisotopic (exact) mass is 882 g/mol. The van der Waals surface area contributed by atoms with Crippen LogP contribution in [0.4, 0.5) is 10.3 Å². The SMILES string of the molecule is CO/N=C(/C(=O)N[C@@H]1C(=O)N2C(C(=O)O)=C(COC(C)=O)CS[C@H]12)c1csc(N)n1.COCC1=C(C(=O)O)N2C(=O)[C@@H](NC(=O)/C(=N\OC)c3csc(N)n3)[C@H]2SC1. The minimum atomic E-state index is -1.32. The maximum atomic E-state index is 12.7. The molecule has 4 aliphatic heterocycles. The van der Waals surface area contributed by atoms with Gasteiger partial charge in [-0.15, -0.1) is 46.2 Å². The highest BCUT2D eigenvalue weighted by Gasteiger charge is 2.55. The number of anilines is 2. The van der Waals surface area contributed by atoms with Crippen molar-refractivity contribution < 1.29 is 62.9 Å². The van der Waals surface area contributed by atoms with E-state index >= 15 is 0 Å².